The van der Waals surface area contributed by atoms with Gasteiger partial charge < -0.3 is 15.2 Å². The summed E-state index contributed by atoms with van der Waals surface area (Å²) in [6.07, 6.45) is 0. The van der Waals surface area contributed by atoms with E-state index in [1.807, 2.05) is 13.8 Å². The Morgan fingerprint density at radius 3 is 2.38 bits per heavy atom. The third-order valence-corrected chi connectivity index (χ3v) is 4.98. The second-order valence-electron chi connectivity index (χ2n) is 7.65. The third kappa shape index (κ3) is 3.57. The van der Waals surface area contributed by atoms with Crippen molar-refractivity contribution >= 4 is 11.8 Å². The van der Waals surface area contributed by atoms with E-state index >= 15 is 0 Å². The molecule has 1 aliphatic heterocycles. The van der Waals surface area contributed by atoms with Gasteiger partial charge in [-0.2, -0.15) is 0 Å². The van der Waals surface area contributed by atoms with Gasteiger partial charge in [0, 0.05) is 19.8 Å². The number of allylic oxidation sites excluding steroid dienone is 1. The van der Waals surface area contributed by atoms with Crippen LogP contribution in [0.3, 0.4) is 0 Å². The number of rotatable bonds is 4. The van der Waals surface area contributed by atoms with Crippen molar-refractivity contribution in [2.75, 3.05) is 11.9 Å². The topological polar surface area (TPSA) is 103 Å². The van der Waals surface area contributed by atoms with Gasteiger partial charge in [0.05, 0.1) is 23.7 Å². The minimum absolute atomic E-state index is 0.0703. The number of phenols is 1. The summed E-state index contributed by atoms with van der Waals surface area (Å²) in [7, 11) is 2.97. The van der Waals surface area contributed by atoms with E-state index in [0.29, 0.717) is 22.7 Å². The van der Waals surface area contributed by atoms with E-state index in [0.717, 1.165) is 4.57 Å². The van der Waals surface area contributed by atoms with Crippen LogP contribution >= 0.6 is 0 Å². The van der Waals surface area contributed by atoms with E-state index in [1.54, 1.807) is 26.1 Å². The number of carbonyl (C=O) groups excluding carboxylic acids is 1. The molecule has 8 heteroatoms. The number of hydrogen-bond acceptors (Lipinski definition) is 6. The smallest absolute Gasteiger partial charge is 0.336 e. The zero-order chi connectivity index (χ0) is 21.5. The van der Waals surface area contributed by atoms with Gasteiger partial charge in [-0.3, -0.25) is 13.9 Å². The molecule has 29 heavy (non-hydrogen) atoms. The van der Waals surface area contributed by atoms with Crippen molar-refractivity contribution in [2.45, 2.75) is 26.7 Å². The highest BCUT2D eigenvalue weighted by Gasteiger charge is 2.37. The van der Waals surface area contributed by atoms with Gasteiger partial charge in [-0.25, -0.2) is 9.59 Å². The SMILES string of the molecule is CC1=C(C(=O)OCC(C)C)C(c2ccc(O)cc2)c2c(n(C)c(=O)n(C)c2=O)N1. The molecule has 0 radical (unpaired) electrons. The van der Waals surface area contributed by atoms with Crippen molar-refractivity contribution in [3.8, 4) is 5.75 Å². The number of anilines is 1. The first-order chi connectivity index (χ1) is 13.6. The van der Waals surface area contributed by atoms with E-state index in [9.17, 15) is 19.5 Å². The predicted molar refractivity (Wildman–Crippen MR) is 109 cm³/mol. The Labute approximate surface area is 168 Å². The predicted octanol–water partition coefficient (Wildman–Crippen LogP) is 1.82. The number of nitrogens with zero attached hydrogens (tertiary/aromatic N) is 2. The summed E-state index contributed by atoms with van der Waals surface area (Å²) < 4.78 is 7.83. The van der Waals surface area contributed by atoms with E-state index < -0.39 is 23.1 Å². The Hall–Kier alpha value is -3.29. The first-order valence-corrected chi connectivity index (χ1v) is 9.37. The van der Waals surface area contributed by atoms with Crippen molar-refractivity contribution < 1.29 is 14.6 Å². The van der Waals surface area contributed by atoms with Crippen LogP contribution < -0.4 is 16.6 Å². The molecule has 1 aliphatic rings. The summed E-state index contributed by atoms with van der Waals surface area (Å²) in [4.78, 5) is 38.4. The molecule has 1 atom stereocenters. The summed E-state index contributed by atoms with van der Waals surface area (Å²) in [6, 6.07) is 6.30. The van der Waals surface area contributed by atoms with Crippen molar-refractivity contribution in [3.63, 3.8) is 0 Å². The Morgan fingerprint density at radius 2 is 1.79 bits per heavy atom. The zero-order valence-electron chi connectivity index (χ0n) is 17.1. The summed E-state index contributed by atoms with van der Waals surface area (Å²) >= 11 is 0. The standard InChI is InChI=1S/C21H25N3O5/c1-11(2)10-29-20(27)15-12(3)22-18-17(19(26)24(5)21(28)23(18)4)16(15)13-6-8-14(25)9-7-13/h6-9,11,16,22,25H,10H2,1-5H3. The van der Waals surface area contributed by atoms with E-state index in [4.69, 9.17) is 4.74 Å². The van der Waals surface area contributed by atoms with Crippen molar-refractivity contribution in [3.05, 3.63) is 67.5 Å². The molecule has 1 aromatic heterocycles. The first kappa shape index (κ1) is 20.4. The molecule has 2 N–H and O–H groups in total. The molecule has 0 saturated heterocycles. The Balaban J connectivity index is 2.28. The summed E-state index contributed by atoms with van der Waals surface area (Å²) in [6.45, 7) is 5.83. The number of fused-ring (bicyclic) bond motifs is 1. The number of ether oxygens (including phenoxy) is 1. The van der Waals surface area contributed by atoms with Gasteiger partial charge in [-0.05, 0) is 30.5 Å². The number of nitrogens with one attached hydrogen (secondary N) is 1. The van der Waals surface area contributed by atoms with Crippen molar-refractivity contribution in [1.29, 1.82) is 0 Å². The molecular formula is C21H25N3O5. The lowest BCUT2D eigenvalue weighted by atomic mass is 9.82. The van der Waals surface area contributed by atoms with Gasteiger partial charge in [-0.15, -0.1) is 0 Å². The lowest BCUT2D eigenvalue weighted by Crippen LogP contribution is -2.43. The summed E-state index contributed by atoms with van der Waals surface area (Å²) in [5.41, 5.74) is 0.770. The molecule has 0 spiro atoms. The highest BCUT2D eigenvalue weighted by molar-refractivity contribution is 5.94. The average molecular weight is 399 g/mol. The van der Waals surface area contributed by atoms with Gasteiger partial charge >= 0.3 is 11.7 Å². The number of benzene rings is 1. The van der Waals surface area contributed by atoms with Crippen LogP contribution in [0.25, 0.3) is 0 Å². The Kier molecular flexibility index (Phi) is 5.37. The Bertz CT molecular complexity index is 1110. The fourth-order valence-corrected chi connectivity index (χ4v) is 3.48. The Morgan fingerprint density at radius 1 is 1.17 bits per heavy atom. The highest BCUT2D eigenvalue weighted by atomic mass is 16.5. The van der Waals surface area contributed by atoms with Gasteiger partial charge in [-0.1, -0.05) is 26.0 Å². The minimum atomic E-state index is -0.739. The third-order valence-electron chi connectivity index (χ3n) is 4.98. The molecule has 3 rings (SSSR count). The summed E-state index contributed by atoms with van der Waals surface area (Å²) in [5, 5.41) is 12.7. The van der Waals surface area contributed by atoms with Crippen LogP contribution in [0.4, 0.5) is 5.82 Å². The fourth-order valence-electron chi connectivity index (χ4n) is 3.48. The molecule has 2 heterocycles. The monoisotopic (exact) mass is 399 g/mol. The molecule has 1 aromatic carbocycles. The fraction of sp³-hybridized carbons (Fsp3) is 0.381. The van der Waals surface area contributed by atoms with E-state index in [-0.39, 0.29) is 23.8 Å². The molecule has 8 nitrogen and oxygen atoms in total. The molecular weight excluding hydrogens is 374 g/mol. The van der Waals surface area contributed by atoms with Crippen LogP contribution in [0.1, 0.15) is 37.8 Å². The van der Waals surface area contributed by atoms with E-state index in [1.165, 1.54) is 23.7 Å². The second-order valence-corrected chi connectivity index (χ2v) is 7.65. The van der Waals surface area contributed by atoms with Crippen LogP contribution in [0.2, 0.25) is 0 Å². The lowest BCUT2D eigenvalue weighted by molar-refractivity contribution is -0.140. The lowest BCUT2D eigenvalue weighted by Gasteiger charge is -2.31. The largest absolute Gasteiger partial charge is 0.508 e. The van der Waals surface area contributed by atoms with E-state index in [2.05, 4.69) is 5.32 Å². The minimum Gasteiger partial charge on any atom is -0.508 e. The number of hydrogen-bond donors (Lipinski definition) is 2. The maximum atomic E-state index is 13.1. The molecule has 1 unspecified atom stereocenters. The van der Waals surface area contributed by atoms with Crippen molar-refractivity contribution in [1.82, 2.24) is 9.13 Å². The number of aromatic nitrogens is 2. The average Bonchev–Trinajstić information content (AvgIpc) is 2.68. The van der Waals surface area contributed by atoms with Crippen LogP contribution in [-0.4, -0.2) is 26.8 Å². The van der Waals surface area contributed by atoms with Crippen molar-refractivity contribution in [2.24, 2.45) is 20.0 Å². The molecule has 0 fully saturated rings. The second kappa shape index (κ2) is 7.62. The number of phenolic OH excluding ortho intramolecular Hbond substituents is 1. The van der Waals surface area contributed by atoms with Gasteiger partial charge in [0.15, 0.2) is 0 Å². The molecule has 2 aromatic rings. The normalized spacial score (nSPS) is 15.9. The van der Waals surface area contributed by atoms with Crippen LogP contribution in [0, 0.1) is 5.92 Å². The maximum absolute atomic E-state index is 13.1. The molecule has 0 bridgehead atoms. The van der Waals surface area contributed by atoms with Crippen LogP contribution in [-0.2, 0) is 23.6 Å². The van der Waals surface area contributed by atoms with Crippen LogP contribution in [0.5, 0.6) is 5.75 Å². The number of carbonyl (C=O) groups is 1. The molecule has 154 valence electrons. The molecule has 0 aliphatic carbocycles. The summed E-state index contributed by atoms with van der Waals surface area (Å²) in [5.74, 6) is -0.695. The highest BCUT2D eigenvalue weighted by Crippen LogP contribution is 2.40. The van der Waals surface area contributed by atoms with Gasteiger partial charge in [0.25, 0.3) is 5.56 Å². The zero-order valence-corrected chi connectivity index (χ0v) is 17.1. The molecule has 0 saturated carbocycles. The van der Waals surface area contributed by atoms with Gasteiger partial charge in [0.1, 0.15) is 11.6 Å². The molecule has 0 amide bonds. The van der Waals surface area contributed by atoms with Gasteiger partial charge in [0.2, 0.25) is 0 Å². The van der Waals surface area contributed by atoms with Crippen LogP contribution in [0.15, 0.2) is 45.1 Å². The number of esters is 1. The quantitative estimate of drug-likeness (QED) is 0.761. The maximum Gasteiger partial charge on any atom is 0.336 e. The number of aromatic hydroxyl groups is 1. The first-order valence-electron chi connectivity index (χ1n) is 9.37.